The second-order valence-corrected chi connectivity index (χ2v) is 10.2. The van der Waals surface area contributed by atoms with E-state index in [1.165, 1.54) is 12.1 Å². The van der Waals surface area contributed by atoms with Crippen LogP contribution in [0.3, 0.4) is 0 Å². The second-order valence-electron chi connectivity index (χ2n) is 7.64. The van der Waals surface area contributed by atoms with E-state index in [2.05, 4.69) is 14.6 Å². The predicted molar refractivity (Wildman–Crippen MR) is 115 cm³/mol. The van der Waals surface area contributed by atoms with Gasteiger partial charge in [0.25, 0.3) is 0 Å². The Balaban J connectivity index is 2.21. The first-order chi connectivity index (χ1) is 13.6. The number of nitrogens with one attached hydrogen (secondary N) is 1. The Morgan fingerprint density at radius 3 is 2.59 bits per heavy atom. The number of H-pyrrole nitrogens is 1. The number of phenolic OH excluding ortho intramolecular Hbond substituents is 1. The average molecular weight is 412 g/mol. The zero-order chi connectivity index (χ0) is 20.9. The Kier molecular flexibility index (Phi) is 4.53. The summed E-state index contributed by atoms with van der Waals surface area (Å²) >= 11 is 0. The number of rotatable bonds is 3. The molecule has 0 aliphatic carbocycles. The molecule has 0 atom stereocenters. The summed E-state index contributed by atoms with van der Waals surface area (Å²) in [4.78, 5) is 4.75. The van der Waals surface area contributed by atoms with Crippen molar-refractivity contribution in [3.05, 3.63) is 48.0 Å². The molecule has 0 amide bonds. The van der Waals surface area contributed by atoms with Gasteiger partial charge in [0.1, 0.15) is 0 Å². The molecule has 0 bridgehead atoms. The highest BCUT2D eigenvalue weighted by molar-refractivity contribution is 7.92. The van der Waals surface area contributed by atoms with E-state index >= 15 is 0 Å². The zero-order valence-corrected chi connectivity index (χ0v) is 17.3. The summed E-state index contributed by atoms with van der Waals surface area (Å²) in [5.41, 5.74) is 2.97. The van der Waals surface area contributed by atoms with Crippen LogP contribution in [0.2, 0.25) is 0 Å². The summed E-state index contributed by atoms with van der Waals surface area (Å²) in [5.74, 6) is -0.697. The van der Waals surface area contributed by atoms with Crippen molar-refractivity contribution in [3.63, 3.8) is 0 Å². The predicted octanol–water partition coefficient (Wildman–Crippen LogP) is 5.11. The summed E-state index contributed by atoms with van der Waals surface area (Å²) in [5, 5.41) is 19.4. The molecule has 2 aromatic carbocycles. The maximum Gasteiger partial charge on any atom is 0.169 e. The maximum absolute atomic E-state index is 13.7. The molecule has 0 spiro atoms. The van der Waals surface area contributed by atoms with Gasteiger partial charge in [0.2, 0.25) is 0 Å². The van der Waals surface area contributed by atoms with Gasteiger partial charge in [-0.05, 0) is 41.1 Å². The number of halogens is 1. The largest absolute Gasteiger partial charge is 0.505 e. The topological polar surface area (TPSA) is 91.2 Å². The minimum absolute atomic E-state index is 0.0142. The summed E-state index contributed by atoms with van der Waals surface area (Å²) in [6.45, 7) is 3.99. The molecule has 6 nitrogen and oxygen atoms in total. The fourth-order valence-electron chi connectivity index (χ4n) is 3.42. The first-order valence-corrected chi connectivity index (χ1v) is 11.4. The van der Waals surface area contributed by atoms with Crippen molar-refractivity contribution >= 4 is 37.2 Å². The Morgan fingerprint density at radius 2 is 1.93 bits per heavy atom. The Bertz CT molecular complexity index is 1380. The lowest BCUT2D eigenvalue weighted by atomic mass is 9.91. The van der Waals surface area contributed by atoms with Gasteiger partial charge in [0, 0.05) is 38.6 Å². The zero-order valence-electron chi connectivity index (χ0n) is 16.5. The summed E-state index contributed by atoms with van der Waals surface area (Å²) < 4.78 is 30.5. The van der Waals surface area contributed by atoms with Crippen LogP contribution in [0.5, 0.6) is 5.75 Å². The number of aromatic nitrogens is 3. The molecule has 29 heavy (non-hydrogen) atoms. The number of benzene rings is 2. The fraction of sp³-hybridized carbons (Fsp3) is 0.238. The van der Waals surface area contributed by atoms with Crippen LogP contribution in [-0.4, -0.2) is 37.0 Å². The van der Waals surface area contributed by atoms with Crippen LogP contribution in [0.1, 0.15) is 25.5 Å². The van der Waals surface area contributed by atoms with Gasteiger partial charge < -0.3 is 5.11 Å². The Labute approximate surface area is 168 Å². The highest BCUT2D eigenvalue weighted by Gasteiger charge is 2.20. The molecule has 0 aliphatic heterocycles. The number of hydrogen-bond acceptors (Lipinski definition) is 5. The van der Waals surface area contributed by atoms with Crippen LogP contribution >= 0.6 is 0 Å². The highest BCUT2D eigenvalue weighted by atomic mass is 32.2. The smallest absolute Gasteiger partial charge is 0.169 e. The molecule has 0 radical (unpaired) electrons. The average Bonchev–Trinajstić information content (AvgIpc) is 3.08. The normalized spacial score (nSPS) is 12.2. The van der Waals surface area contributed by atoms with Gasteiger partial charge in [-0.25, -0.2) is 13.6 Å². The minimum atomic E-state index is -2.44. The number of pyridine rings is 1. The maximum atomic E-state index is 13.7. The number of fused-ring (bicyclic) bond motifs is 2. The van der Waals surface area contributed by atoms with Crippen molar-refractivity contribution in [2.24, 2.45) is 4.36 Å². The first-order valence-electron chi connectivity index (χ1n) is 9.11. The van der Waals surface area contributed by atoms with Crippen LogP contribution in [0.4, 0.5) is 10.2 Å². The van der Waals surface area contributed by atoms with Crippen LogP contribution in [0, 0.1) is 5.82 Å². The van der Waals surface area contributed by atoms with Crippen molar-refractivity contribution in [1.29, 1.82) is 0 Å². The van der Waals surface area contributed by atoms with Crippen molar-refractivity contribution in [3.8, 4) is 16.9 Å². The van der Waals surface area contributed by atoms with Crippen molar-refractivity contribution in [2.75, 3.05) is 12.5 Å². The molecule has 0 saturated carbocycles. The summed E-state index contributed by atoms with van der Waals surface area (Å²) in [7, 11) is -2.44. The second kappa shape index (κ2) is 6.81. The number of nitrogens with zero attached hydrogens (tertiary/aromatic N) is 3. The van der Waals surface area contributed by atoms with Gasteiger partial charge in [0.15, 0.2) is 17.4 Å². The number of aromatic amines is 1. The SMILES string of the molecule is CC(C)c1nc(N=S(C)(C)=O)c2cc3[nH]ncc3cc2c1-c1ccc(F)c(O)c1. The molecule has 2 heterocycles. The van der Waals surface area contributed by atoms with Gasteiger partial charge in [-0.3, -0.25) is 5.10 Å². The first kappa shape index (κ1) is 19.3. The number of phenols is 1. The van der Waals surface area contributed by atoms with E-state index in [4.69, 9.17) is 4.98 Å². The van der Waals surface area contributed by atoms with E-state index < -0.39 is 21.3 Å². The third-order valence-corrected chi connectivity index (χ3v) is 5.27. The van der Waals surface area contributed by atoms with Gasteiger partial charge in [-0.2, -0.15) is 9.46 Å². The van der Waals surface area contributed by atoms with E-state index in [-0.39, 0.29) is 5.92 Å². The van der Waals surface area contributed by atoms with Crippen LogP contribution < -0.4 is 0 Å². The summed E-state index contributed by atoms with van der Waals surface area (Å²) in [6, 6.07) is 8.10. The quantitative estimate of drug-likeness (QED) is 0.489. The Morgan fingerprint density at radius 1 is 1.17 bits per heavy atom. The van der Waals surface area contributed by atoms with E-state index in [9.17, 15) is 13.7 Å². The molecule has 8 heteroatoms. The molecule has 0 aliphatic rings. The molecule has 4 rings (SSSR count). The van der Waals surface area contributed by atoms with Gasteiger partial charge >= 0.3 is 0 Å². The highest BCUT2D eigenvalue weighted by Crippen LogP contribution is 2.41. The van der Waals surface area contributed by atoms with Gasteiger partial charge in [-0.15, -0.1) is 0 Å². The van der Waals surface area contributed by atoms with E-state index in [1.54, 1.807) is 24.8 Å². The van der Waals surface area contributed by atoms with E-state index in [0.717, 1.165) is 27.5 Å². The van der Waals surface area contributed by atoms with Gasteiger partial charge in [-0.1, -0.05) is 19.9 Å². The monoisotopic (exact) mass is 412 g/mol. The molecule has 0 fully saturated rings. The fourth-order valence-corrected chi connectivity index (χ4v) is 3.97. The molecular weight excluding hydrogens is 391 g/mol. The molecule has 150 valence electrons. The van der Waals surface area contributed by atoms with Gasteiger partial charge in [0.05, 0.1) is 17.4 Å². The molecule has 4 aromatic rings. The third-order valence-electron chi connectivity index (χ3n) is 4.66. The molecular formula is C21H21FN4O2S. The van der Waals surface area contributed by atoms with Crippen molar-refractivity contribution in [2.45, 2.75) is 19.8 Å². The molecule has 0 unspecified atom stereocenters. The summed E-state index contributed by atoms with van der Waals surface area (Å²) in [6.07, 6.45) is 4.85. The van der Waals surface area contributed by atoms with Crippen LogP contribution in [0.25, 0.3) is 32.8 Å². The lowest BCUT2D eigenvalue weighted by Gasteiger charge is -2.17. The lowest BCUT2D eigenvalue weighted by Crippen LogP contribution is -2.00. The number of hydrogen-bond donors (Lipinski definition) is 2. The van der Waals surface area contributed by atoms with Crippen LogP contribution in [0.15, 0.2) is 40.9 Å². The van der Waals surface area contributed by atoms with Crippen molar-refractivity contribution in [1.82, 2.24) is 15.2 Å². The van der Waals surface area contributed by atoms with E-state index in [0.29, 0.717) is 16.8 Å². The standard InChI is InChI=1S/C21H21FN4O2S/c1-11(2)20-19(12-5-6-16(22)18(27)8-12)14-7-13-10-23-25-17(13)9-15(14)21(24-20)26-29(3,4)28/h5-11,27H,1-4H3,(H,23,25). The number of aromatic hydroxyl groups is 1. The minimum Gasteiger partial charge on any atom is -0.505 e. The van der Waals surface area contributed by atoms with E-state index in [1.807, 2.05) is 26.0 Å². The lowest BCUT2D eigenvalue weighted by molar-refractivity contribution is 0.433. The Hall–Kier alpha value is -3.00. The molecule has 2 aromatic heterocycles. The molecule has 0 saturated heterocycles. The van der Waals surface area contributed by atoms with Crippen LogP contribution in [-0.2, 0) is 9.73 Å². The third kappa shape index (κ3) is 3.55. The van der Waals surface area contributed by atoms with Crippen molar-refractivity contribution < 1.29 is 13.7 Å². The molecule has 2 N–H and O–H groups in total.